The van der Waals surface area contributed by atoms with Crippen LogP contribution in [0, 0.1) is 0 Å². The molecular weight excluding hydrogens is 324 g/mol. The highest BCUT2D eigenvalue weighted by molar-refractivity contribution is 5.49. The van der Waals surface area contributed by atoms with Crippen molar-refractivity contribution in [3.8, 4) is 5.75 Å². The molecule has 2 aromatic carbocycles. The first-order valence-electron chi connectivity index (χ1n) is 9.64. The van der Waals surface area contributed by atoms with Gasteiger partial charge in [-0.3, -0.25) is 4.90 Å². The third-order valence-corrected chi connectivity index (χ3v) is 5.61. The van der Waals surface area contributed by atoms with Gasteiger partial charge in [-0.05, 0) is 48.2 Å². The number of rotatable bonds is 5. The lowest BCUT2D eigenvalue weighted by atomic mass is 9.95. The highest BCUT2D eigenvalue weighted by Crippen LogP contribution is 2.30. The van der Waals surface area contributed by atoms with Crippen molar-refractivity contribution < 1.29 is 9.47 Å². The number of nitrogens with zero attached hydrogens (tertiary/aromatic N) is 2. The van der Waals surface area contributed by atoms with E-state index in [1.54, 1.807) is 7.11 Å². The number of hydrogen-bond acceptors (Lipinski definition) is 4. The number of ether oxygens (including phenoxy) is 2. The van der Waals surface area contributed by atoms with E-state index in [9.17, 15) is 0 Å². The fourth-order valence-electron chi connectivity index (χ4n) is 4.04. The van der Waals surface area contributed by atoms with Crippen molar-refractivity contribution in [2.24, 2.45) is 0 Å². The highest BCUT2D eigenvalue weighted by Gasteiger charge is 2.23. The van der Waals surface area contributed by atoms with Gasteiger partial charge in [0, 0.05) is 38.4 Å². The van der Waals surface area contributed by atoms with Gasteiger partial charge in [-0.25, -0.2) is 0 Å². The van der Waals surface area contributed by atoms with Crippen LogP contribution in [0.5, 0.6) is 5.75 Å². The Bertz CT molecular complexity index is 708. The summed E-state index contributed by atoms with van der Waals surface area (Å²) in [6, 6.07) is 17.1. The normalized spacial score (nSPS) is 20.7. The molecule has 0 amide bonds. The van der Waals surface area contributed by atoms with Crippen LogP contribution in [0.2, 0.25) is 0 Å². The summed E-state index contributed by atoms with van der Waals surface area (Å²) in [7, 11) is 1.71. The molecule has 0 spiro atoms. The third kappa shape index (κ3) is 3.87. The molecule has 0 unspecified atom stereocenters. The van der Waals surface area contributed by atoms with Gasteiger partial charge in [-0.15, -0.1) is 0 Å². The predicted octanol–water partition coefficient (Wildman–Crippen LogP) is 3.52. The molecule has 138 valence electrons. The lowest BCUT2D eigenvalue weighted by Crippen LogP contribution is -2.46. The van der Waals surface area contributed by atoms with Crippen molar-refractivity contribution in [1.82, 2.24) is 4.90 Å². The van der Waals surface area contributed by atoms with Crippen molar-refractivity contribution in [3.05, 3.63) is 59.7 Å². The number of piperazine rings is 1. The molecule has 2 aliphatic heterocycles. The Morgan fingerprint density at radius 2 is 1.77 bits per heavy atom. The second-order valence-corrected chi connectivity index (χ2v) is 7.12. The van der Waals surface area contributed by atoms with E-state index in [0.29, 0.717) is 0 Å². The summed E-state index contributed by atoms with van der Waals surface area (Å²) in [6.07, 6.45) is 2.40. The maximum atomic E-state index is 6.06. The van der Waals surface area contributed by atoms with Gasteiger partial charge >= 0.3 is 0 Å². The summed E-state index contributed by atoms with van der Waals surface area (Å²) in [5.41, 5.74) is 4.15. The molecule has 26 heavy (non-hydrogen) atoms. The van der Waals surface area contributed by atoms with Crippen molar-refractivity contribution in [3.63, 3.8) is 0 Å². The maximum absolute atomic E-state index is 6.06. The fraction of sp³-hybridized carbons (Fsp3) is 0.455. The molecule has 2 aliphatic rings. The summed E-state index contributed by atoms with van der Waals surface area (Å²) < 4.78 is 11.3. The van der Waals surface area contributed by atoms with Crippen molar-refractivity contribution in [1.29, 1.82) is 0 Å². The summed E-state index contributed by atoms with van der Waals surface area (Å²) in [5, 5.41) is 0. The summed E-state index contributed by atoms with van der Waals surface area (Å²) in [5.74, 6) is 0.917. The Morgan fingerprint density at radius 3 is 2.54 bits per heavy atom. The number of methoxy groups -OCH3 is 1. The van der Waals surface area contributed by atoms with Crippen LogP contribution in [0.25, 0.3) is 0 Å². The van der Waals surface area contributed by atoms with E-state index in [-0.39, 0.29) is 6.10 Å². The van der Waals surface area contributed by atoms with E-state index in [1.165, 1.54) is 16.8 Å². The molecule has 4 rings (SSSR count). The first kappa shape index (κ1) is 17.4. The molecule has 0 saturated carbocycles. The fourth-order valence-corrected chi connectivity index (χ4v) is 4.04. The summed E-state index contributed by atoms with van der Waals surface area (Å²) in [6.45, 7) is 6.34. The lowest BCUT2D eigenvalue weighted by molar-refractivity contribution is 0.0289. The van der Waals surface area contributed by atoms with Gasteiger partial charge in [0.25, 0.3) is 0 Å². The molecule has 0 aromatic heterocycles. The maximum Gasteiger partial charge on any atom is 0.119 e. The Balaban J connectivity index is 1.28. The van der Waals surface area contributed by atoms with Crippen LogP contribution in [0.15, 0.2) is 48.5 Å². The van der Waals surface area contributed by atoms with E-state index < -0.39 is 0 Å². The number of hydrogen-bond donors (Lipinski definition) is 0. The molecule has 1 atom stereocenters. The third-order valence-electron chi connectivity index (χ3n) is 5.61. The SMILES string of the molecule is COc1ccc(N2CCN(CC[C@@H]3OCCc4ccccc43)CC2)cc1. The average molecular weight is 352 g/mol. The number of anilines is 1. The summed E-state index contributed by atoms with van der Waals surface area (Å²) in [4.78, 5) is 5.03. The Kier molecular flexibility index (Phi) is 5.42. The molecule has 1 fully saturated rings. The van der Waals surface area contributed by atoms with Crippen LogP contribution in [0.4, 0.5) is 5.69 Å². The molecule has 2 heterocycles. The van der Waals surface area contributed by atoms with E-state index >= 15 is 0 Å². The second kappa shape index (κ2) is 8.11. The van der Waals surface area contributed by atoms with E-state index in [2.05, 4.69) is 46.2 Å². The monoisotopic (exact) mass is 352 g/mol. The molecule has 0 aliphatic carbocycles. The van der Waals surface area contributed by atoms with Crippen LogP contribution in [-0.4, -0.2) is 51.3 Å². The van der Waals surface area contributed by atoms with Gasteiger partial charge in [-0.2, -0.15) is 0 Å². The van der Waals surface area contributed by atoms with Crippen LogP contribution in [0.3, 0.4) is 0 Å². The van der Waals surface area contributed by atoms with Crippen LogP contribution < -0.4 is 9.64 Å². The molecule has 2 aromatic rings. The van der Waals surface area contributed by atoms with Crippen LogP contribution in [0.1, 0.15) is 23.7 Å². The van der Waals surface area contributed by atoms with Crippen molar-refractivity contribution in [2.75, 3.05) is 51.3 Å². The zero-order valence-corrected chi connectivity index (χ0v) is 15.6. The average Bonchev–Trinajstić information content (AvgIpc) is 2.73. The number of benzene rings is 2. The van der Waals surface area contributed by atoms with Crippen LogP contribution >= 0.6 is 0 Å². The molecule has 0 N–H and O–H groups in total. The number of fused-ring (bicyclic) bond motifs is 1. The first-order valence-corrected chi connectivity index (χ1v) is 9.64. The second-order valence-electron chi connectivity index (χ2n) is 7.12. The Labute approximate surface area is 156 Å². The van der Waals surface area contributed by atoms with Gasteiger partial charge < -0.3 is 14.4 Å². The molecule has 0 bridgehead atoms. The quantitative estimate of drug-likeness (QED) is 0.822. The molecule has 4 nitrogen and oxygen atoms in total. The molecule has 4 heteroatoms. The Hall–Kier alpha value is -2.04. The van der Waals surface area contributed by atoms with Gasteiger partial charge in [0.05, 0.1) is 19.8 Å². The largest absolute Gasteiger partial charge is 0.497 e. The predicted molar refractivity (Wildman–Crippen MR) is 105 cm³/mol. The van der Waals surface area contributed by atoms with Crippen LogP contribution in [-0.2, 0) is 11.2 Å². The zero-order chi connectivity index (χ0) is 17.8. The minimum atomic E-state index is 0.263. The first-order chi connectivity index (χ1) is 12.8. The molecular formula is C22H28N2O2. The molecule has 1 saturated heterocycles. The molecule has 0 radical (unpaired) electrons. The minimum Gasteiger partial charge on any atom is -0.497 e. The van der Waals surface area contributed by atoms with Crippen molar-refractivity contribution in [2.45, 2.75) is 18.9 Å². The Morgan fingerprint density at radius 1 is 1.00 bits per heavy atom. The highest BCUT2D eigenvalue weighted by atomic mass is 16.5. The van der Waals surface area contributed by atoms with Gasteiger partial charge in [0.1, 0.15) is 5.75 Å². The zero-order valence-electron chi connectivity index (χ0n) is 15.6. The smallest absolute Gasteiger partial charge is 0.119 e. The van der Waals surface area contributed by atoms with Gasteiger partial charge in [0.2, 0.25) is 0 Å². The lowest BCUT2D eigenvalue weighted by Gasteiger charge is -2.37. The van der Waals surface area contributed by atoms with E-state index in [0.717, 1.165) is 57.9 Å². The van der Waals surface area contributed by atoms with Crippen molar-refractivity contribution >= 4 is 5.69 Å². The summed E-state index contributed by atoms with van der Waals surface area (Å²) >= 11 is 0. The minimum absolute atomic E-state index is 0.263. The topological polar surface area (TPSA) is 24.9 Å². The van der Waals surface area contributed by atoms with E-state index in [4.69, 9.17) is 9.47 Å². The van der Waals surface area contributed by atoms with Gasteiger partial charge in [-0.1, -0.05) is 24.3 Å². The standard InChI is InChI=1S/C22H28N2O2/c1-25-20-8-6-19(7-9-20)24-15-13-23(14-16-24)12-10-22-21-5-3-2-4-18(21)11-17-26-22/h2-9,22H,10-17H2,1H3/t22-/m0/s1. The van der Waals surface area contributed by atoms with E-state index in [1.807, 2.05) is 12.1 Å². The van der Waals surface area contributed by atoms with Gasteiger partial charge in [0.15, 0.2) is 0 Å².